The summed E-state index contributed by atoms with van der Waals surface area (Å²) < 4.78 is 0. The van der Waals surface area contributed by atoms with Crippen LogP contribution in [0.1, 0.15) is 63.4 Å². The largest absolute Gasteiger partial charge is 0.393 e. The van der Waals surface area contributed by atoms with E-state index < -0.39 is 0 Å². The molecule has 1 N–H and O–H groups in total. The maximum Gasteiger partial charge on any atom is 0.131 e. The molecule has 1 aromatic rings. The Bertz CT molecular complexity index is 491. The van der Waals surface area contributed by atoms with Crippen LogP contribution in [-0.4, -0.2) is 39.2 Å². The molecule has 2 fully saturated rings. The molecule has 1 saturated carbocycles. The number of aliphatic hydroxyl groups excluding tert-OH is 1. The molecule has 3 rings (SSSR count). The molecule has 0 radical (unpaired) electrons. The van der Waals surface area contributed by atoms with Gasteiger partial charge in [-0.05, 0) is 38.3 Å². The van der Waals surface area contributed by atoms with Crippen molar-refractivity contribution in [2.45, 2.75) is 64.5 Å². The smallest absolute Gasteiger partial charge is 0.131 e. The predicted molar refractivity (Wildman–Crippen MR) is 82.9 cm³/mol. The summed E-state index contributed by atoms with van der Waals surface area (Å²) in [7, 11) is 0. The van der Waals surface area contributed by atoms with Crippen molar-refractivity contribution in [1.82, 2.24) is 14.9 Å². The highest BCUT2D eigenvalue weighted by atomic mass is 16.3. The van der Waals surface area contributed by atoms with Gasteiger partial charge in [0.05, 0.1) is 11.8 Å². The second-order valence-corrected chi connectivity index (χ2v) is 7.15. The molecule has 0 amide bonds. The number of hydrogen-bond donors (Lipinski definition) is 1. The van der Waals surface area contributed by atoms with Crippen molar-refractivity contribution < 1.29 is 5.11 Å². The maximum absolute atomic E-state index is 10.4. The Morgan fingerprint density at radius 3 is 2.90 bits per heavy atom. The van der Waals surface area contributed by atoms with Crippen molar-refractivity contribution in [2.24, 2.45) is 5.41 Å². The summed E-state index contributed by atoms with van der Waals surface area (Å²) in [6.45, 7) is 7.29. The van der Waals surface area contributed by atoms with Crippen molar-refractivity contribution >= 4 is 0 Å². The number of likely N-dealkylation sites (tertiary alicyclic amines) is 1. The third-order valence-electron chi connectivity index (χ3n) is 5.18. The van der Waals surface area contributed by atoms with E-state index in [0.717, 1.165) is 37.6 Å². The minimum Gasteiger partial charge on any atom is -0.393 e. The number of rotatable bonds is 3. The zero-order valence-corrected chi connectivity index (χ0v) is 13.3. The minimum absolute atomic E-state index is 0.100. The molecule has 116 valence electrons. The zero-order valence-electron chi connectivity index (χ0n) is 13.3. The fourth-order valence-electron chi connectivity index (χ4n) is 4.00. The molecular weight excluding hydrogens is 262 g/mol. The lowest BCUT2D eigenvalue weighted by Crippen LogP contribution is -2.46. The number of aliphatic hydroxyl groups is 1. The van der Waals surface area contributed by atoms with E-state index in [1.54, 1.807) is 0 Å². The molecule has 0 bridgehead atoms. The van der Waals surface area contributed by atoms with E-state index in [2.05, 4.69) is 28.7 Å². The molecule has 1 aliphatic heterocycles. The lowest BCUT2D eigenvalue weighted by atomic mass is 9.76. The van der Waals surface area contributed by atoms with Gasteiger partial charge in [0, 0.05) is 30.6 Å². The van der Waals surface area contributed by atoms with E-state index in [1.165, 1.54) is 25.7 Å². The van der Waals surface area contributed by atoms with Crippen molar-refractivity contribution in [3.05, 3.63) is 23.8 Å². The number of nitrogens with zero attached hydrogens (tertiary/aromatic N) is 3. The van der Waals surface area contributed by atoms with Crippen molar-refractivity contribution in [2.75, 3.05) is 13.1 Å². The number of aromatic nitrogens is 2. The molecule has 1 aliphatic carbocycles. The summed E-state index contributed by atoms with van der Waals surface area (Å²) in [6, 6.07) is 2.03. The highest BCUT2D eigenvalue weighted by Crippen LogP contribution is 2.45. The maximum atomic E-state index is 10.4. The second-order valence-electron chi connectivity index (χ2n) is 7.15. The summed E-state index contributed by atoms with van der Waals surface area (Å²) in [6.07, 6.45) is 7.51. The third-order valence-corrected chi connectivity index (χ3v) is 5.18. The zero-order chi connectivity index (χ0) is 14.9. The summed E-state index contributed by atoms with van der Waals surface area (Å²) in [5, 5.41) is 10.4. The van der Waals surface area contributed by atoms with E-state index in [9.17, 15) is 5.11 Å². The Kier molecular flexibility index (Phi) is 4.27. The van der Waals surface area contributed by atoms with Crippen LogP contribution < -0.4 is 0 Å². The van der Waals surface area contributed by atoms with E-state index >= 15 is 0 Å². The summed E-state index contributed by atoms with van der Waals surface area (Å²) in [5.74, 6) is 1.30. The Balaban J connectivity index is 1.69. The Morgan fingerprint density at radius 1 is 1.38 bits per heavy atom. The van der Waals surface area contributed by atoms with Gasteiger partial charge in [0.2, 0.25) is 0 Å². The van der Waals surface area contributed by atoms with Crippen molar-refractivity contribution in [3.8, 4) is 0 Å². The first-order valence-corrected chi connectivity index (χ1v) is 8.31. The van der Waals surface area contributed by atoms with Crippen LogP contribution in [0.25, 0.3) is 0 Å². The molecule has 2 heterocycles. The monoisotopic (exact) mass is 289 g/mol. The van der Waals surface area contributed by atoms with Gasteiger partial charge in [0.25, 0.3) is 0 Å². The van der Waals surface area contributed by atoms with E-state index in [1.807, 2.05) is 12.3 Å². The molecule has 0 aromatic carbocycles. The average molecular weight is 289 g/mol. The Morgan fingerprint density at radius 2 is 2.19 bits per heavy atom. The van der Waals surface area contributed by atoms with Crippen LogP contribution in [0.15, 0.2) is 12.3 Å². The normalized spacial score (nSPS) is 30.4. The van der Waals surface area contributed by atoms with E-state index in [4.69, 9.17) is 0 Å². The first-order chi connectivity index (χ1) is 10.1. The van der Waals surface area contributed by atoms with Crippen LogP contribution in [-0.2, 0) is 6.54 Å². The van der Waals surface area contributed by atoms with Gasteiger partial charge in [-0.25, -0.2) is 9.97 Å². The fraction of sp³-hybridized carbons (Fsp3) is 0.765. The first kappa shape index (κ1) is 14.9. The molecule has 1 spiro atoms. The van der Waals surface area contributed by atoms with E-state index in [-0.39, 0.29) is 11.5 Å². The molecule has 2 aliphatic rings. The van der Waals surface area contributed by atoms with Crippen LogP contribution in [0.2, 0.25) is 0 Å². The van der Waals surface area contributed by atoms with Gasteiger partial charge < -0.3 is 5.11 Å². The molecule has 4 nitrogen and oxygen atoms in total. The fourth-order valence-corrected chi connectivity index (χ4v) is 4.00. The lowest BCUT2D eigenvalue weighted by Gasteiger charge is -2.42. The van der Waals surface area contributed by atoms with Gasteiger partial charge in [0.1, 0.15) is 5.82 Å². The van der Waals surface area contributed by atoms with Crippen LogP contribution in [0, 0.1) is 5.41 Å². The van der Waals surface area contributed by atoms with Crippen molar-refractivity contribution in [1.29, 1.82) is 0 Å². The van der Waals surface area contributed by atoms with Gasteiger partial charge in [0.15, 0.2) is 0 Å². The average Bonchev–Trinajstić information content (AvgIpc) is 2.80. The van der Waals surface area contributed by atoms with Crippen LogP contribution in [0.3, 0.4) is 0 Å². The summed E-state index contributed by atoms with van der Waals surface area (Å²) >= 11 is 0. The van der Waals surface area contributed by atoms with Gasteiger partial charge in [-0.2, -0.15) is 0 Å². The Labute approximate surface area is 127 Å². The highest BCUT2D eigenvalue weighted by Gasteiger charge is 2.44. The molecule has 4 heteroatoms. The van der Waals surface area contributed by atoms with Crippen LogP contribution >= 0.6 is 0 Å². The topological polar surface area (TPSA) is 49.2 Å². The van der Waals surface area contributed by atoms with Gasteiger partial charge in [-0.1, -0.05) is 20.3 Å². The van der Waals surface area contributed by atoms with E-state index in [0.29, 0.717) is 5.92 Å². The lowest BCUT2D eigenvalue weighted by molar-refractivity contribution is -0.0123. The third kappa shape index (κ3) is 3.11. The molecule has 1 aromatic heterocycles. The Hall–Kier alpha value is -1.00. The molecule has 1 saturated heterocycles. The van der Waals surface area contributed by atoms with Crippen LogP contribution in [0.5, 0.6) is 0 Å². The SMILES string of the molecule is CC(C)c1nccc(CN2CCC[C@]3(CCC[C@H]3O)C2)n1. The number of piperidine rings is 1. The number of hydrogen-bond acceptors (Lipinski definition) is 4. The van der Waals surface area contributed by atoms with Gasteiger partial charge >= 0.3 is 0 Å². The van der Waals surface area contributed by atoms with Gasteiger partial charge in [-0.15, -0.1) is 0 Å². The molecule has 0 unspecified atom stereocenters. The first-order valence-electron chi connectivity index (χ1n) is 8.31. The predicted octanol–water partition coefficient (Wildman–Crippen LogP) is 2.73. The van der Waals surface area contributed by atoms with Crippen molar-refractivity contribution in [3.63, 3.8) is 0 Å². The standard InChI is InChI=1S/C17H27N3O/c1-13(2)16-18-9-6-14(19-16)11-20-10-4-8-17(12-20)7-3-5-15(17)21/h6,9,13,15,21H,3-5,7-8,10-12H2,1-2H3/t15-,17-/m1/s1. The molecule has 21 heavy (non-hydrogen) atoms. The minimum atomic E-state index is -0.100. The molecule has 2 atom stereocenters. The summed E-state index contributed by atoms with van der Waals surface area (Å²) in [5.41, 5.74) is 1.27. The van der Waals surface area contributed by atoms with Crippen LogP contribution in [0.4, 0.5) is 0 Å². The molecular formula is C17H27N3O. The highest BCUT2D eigenvalue weighted by molar-refractivity contribution is 5.06. The second kappa shape index (κ2) is 6.01. The van der Waals surface area contributed by atoms with Gasteiger partial charge in [-0.3, -0.25) is 4.90 Å². The summed E-state index contributed by atoms with van der Waals surface area (Å²) in [4.78, 5) is 11.5. The quantitative estimate of drug-likeness (QED) is 0.929.